The fourth-order valence-corrected chi connectivity index (χ4v) is 3.26. The van der Waals surface area contributed by atoms with Crippen LogP contribution in [-0.4, -0.2) is 54.8 Å². The van der Waals surface area contributed by atoms with Gasteiger partial charge in [-0.05, 0) is 39.5 Å². The molecule has 1 saturated carbocycles. The Labute approximate surface area is 138 Å². The van der Waals surface area contributed by atoms with Crippen LogP contribution in [0.3, 0.4) is 0 Å². The van der Waals surface area contributed by atoms with Gasteiger partial charge in [-0.2, -0.15) is 0 Å². The van der Waals surface area contributed by atoms with Gasteiger partial charge in [0.15, 0.2) is 0 Å². The molecule has 0 aromatic carbocycles. The molecule has 1 N–H and O–H groups in total. The Balaban J connectivity index is 2.04. The summed E-state index contributed by atoms with van der Waals surface area (Å²) in [6.07, 6.45) is 4.91. The van der Waals surface area contributed by atoms with Crippen molar-refractivity contribution in [2.45, 2.75) is 64.5 Å². The highest BCUT2D eigenvalue weighted by Gasteiger charge is 2.35. The van der Waals surface area contributed by atoms with E-state index < -0.39 is 17.7 Å². The van der Waals surface area contributed by atoms with Crippen molar-refractivity contribution in [2.75, 3.05) is 26.3 Å². The molecule has 0 aromatic heterocycles. The lowest BCUT2D eigenvalue weighted by Crippen LogP contribution is -2.55. The first-order valence-corrected chi connectivity index (χ1v) is 8.73. The minimum atomic E-state index is -0.566. The average molecular weight is 326 g/mol. The molecular weight excluding hydrogens is 296 g/mol. The van der Waals surface area contributed by atoms with E-state index in [-0.39, 0.29) is 11.8 Å². The zero-order chi connectivity index (χ0) is 16.9. The van der Waals surface area contributed by atoms with Crippen LogP contribution in [0, 0.1) is 5.92 Å². The zero-order valence-corrected chi connectivity index (χ0v) is 14.6. The lowest BCUT2D eigenvalue weighted by Gasteiger charge is -2.35. The van der Waals surface area contributed by atoms with Gasteiger partial charge in [-0.3, -0.25) is 4.79 Å². The summed E-state index contributed by atoms with van der Waals surface area (Å²) in [5.41, 5.74) is -0.566. The Morgan fingerprint density at radius 3 is 2.30 bits per heavy atom. The Hall–Kier alpha value is -1.30. The maximum Gasteiger partial charge on any atom is 0.408 e. The molecule has 1 aliphatic carbocycles. The van der Waals surface area contributed by atoms with Crippen LogP contribution in [0.2, 0.25) is 0 Å². The Bertz CT molecular complexity index is 407. The molecule has 1 aliphatic heterocycles. The van der Waals surface area contributed by atoms with Crippen molar-refractivity contribution in [3.63, 3.8) is 0 Å². The number of carbonyl (C=O) groups is 2. The number of amides is 2. The number of hydrogen-bond donors (Lipinski definition) is 1. The van der Waals surface area contributed by atoms with E-state index in [1.54, 1.807) is 4.90 Å². The van der Waals surface area contributed by atoms with Gasteiger partial charge in [0.2, 0.25) is 5.91 Å². The molecule has 0 bridgehead atoms. The molecule has 1 atom stereocenters. The molecule has 6 nitrogen and oxygen atoms in total. The second kappa shape index (κ2) is 7.99. The highest BCUT2D eigenvalue weighted by atomic mass is 16.6. The predicted octanol–water partition coefficient (Wildman–Crippen LogP) is 2.32. The fraction of sp³-hybridized carbons (Fsp3) is 0.882. The van der Waals surface area contributed by atoms with Crippen molar-refractivity contribution in [1.29, 1.82) is 0 Å². The summed E-state index contributed by atoms with van der Waals surface area (Å²) in [5.74, 6) is 0.206. The zero-order valence-electron chi connectivity index (χ0n) is 14.6. The van der Waals surface area contributed by atoms with Crippen molar-refractivity contribution < 1.29 is 19.1 Å². The average Bonchev–Trinajstić information content (AvgIpc) is 2.52. The first kappa shape index (κ1) is 18.0. The van der Waals surface area contributed by atoms with Crippen LogP contribution in [0.4, 0.5) is 4.79 Å². The highest BCUT2D eigenvalue weighted by Crippen LogP contribution is 2.28. The van der Waals surface area contributed by atoms with Crippen LogP contribution in [0.15, 0.2) is 0 Å². The van der Waals surface area contributed by atoms with E-state index in [0.717, 1.165) is 25.7 Å². The summed E-state index contributed by atoms with van der Waals surface area (Å²) in [7, 11) is 0. The third-order valence-corrected chi connectivity index (χ3v) is 4.38. The van der Waals surface area contributed by atoms with E-state index in [9.17, 15) is 9.59 Å². The molecule has 0 unspecified atom stereocenters. The smallest absolute Gasteiger partial charge is 0.408 e. The maximum atomic E-state index is 12.9. The van der Waals surface area contributed by atoms with Gasteiger partial charge in [0.25, 0.3) is 0 Å². The van der Waals surface area contributed by atoms with Crippen LogP contribution in [0.25, 0.3) is 0 Å². The lowest BCUT2D eigenvalue weighted by atomic mass is 9.83. The van der Waals surface area contributed by atoms with Crippen LogP contribution >= 0.6 is 0 Å². The summed E-state index contributed by atoms with van der Waals surface area (Å²) in [6, 6.07) is -0.483. The molecule has 2 fully saturated rings. The minimum Gasteiger partial charge on any atom is -0.444 e. The first-order chi connectivity index (χ1) is 10.9. The van der Waals surface area contributed by atoms with Crippen molar-refractivity contribution in [3.05, 3.63) is 0 Å². The van der Waals surface area contributed by atoms with Crippen molar-refractivity contribution in [2.24, 2.45) is 5.92 Å². The summed E-state index contributed by atoms with van der Waals surface area (Å²) >= 11 is 0. The van der Waals surface area contributed by atoms with E-state index in [4.69, 9.17) is 9.47 Å². The van der Waals surface area contributed by atoms with Crippen LogP contribution < -0.4 is 5.32 Å². The fourth-order valence-electron chi connectivity index (χ4n) is 3.26. The normalized spacial score (nSPS) is 21.6. The molecule has 23 heavy (non-hydrogen) atoms. The molecule has 0 aromatic rings. The maximum absolute atomic E-state index is 12.9. The second-order valence-electron chi connectivity index (χ2n) is 7.46. The van der Waals surface area contributed by atoms with Gasteiger partial charge in [-0.25, -0.2) is 4.79 Å². The van der Waals surface area contributed by atoms with Crippen molar-refractivity contribution in [1.82, 2.24) is 10.2 Å². The van der Waals surface area contributed by atoms with Gasteiger partial charge in [0.1, 0.15) is 11.6 Å². The second-order valence-corrected chi connectivity index (χ2v) is 7.46. The van der Waals surface area contributed by atoms with Gasteiger partial charge in [-0.1, -0.05) is 19.3 Å². The van der Waals surface area contributed by atoms with E-state index in [0.29, 0.717) is 26.3 Å². The first-order valence-electron chi connectivity index (χ1n) is 8.73. The Morgan fingerprint density at radius 1 is 1.13 bits per heavy atom. The third-order valence-electron chi connectivity index (χ3n) is 4.38. The van der Waals surface area contributed by atoms with E-state index in [2.05, 4.69) is 5.32 Å². The molecule has 0 spiro atoms. The summed E-state index contributed by atoms with van der Waals surface area (Å²) < 4.78 is 10.7. The Morgan fingerprint density at radius 2 is 1.74 bits per heavy atom. The highest BCUT2D eigenvalue weighted by molar-refractivity contribution is 5.86. The van der Waals surface area contributed by atoms with Crippen LogP contribution in [0.1, 0.15) is 52.9 Å². The van der Waals surface area contributed by atoms with Crippen molar-refractivity contribution >= 4 is 12.0 Å². The number of nitrogens with zero attached hydrogens (tertiary/aromatic N) is 1. The van der Waals surface area contributed by atoms with Gasteiger partial charge >= 0.3 is 6.09 Å². The van der Waals surface area contributed by atoms with Crippen LogP contribution in [0.5, 0.6) is 0 Å². The number of nitrogens with one attached hydrogen (secondary N) is 1. The molecule has 1 heterocycles. The summed E-state index contributed by atoms with van der Waals surface area (Å²) in [6.45, 7) is 7.80. The molecule has 132 valence electrons. The quantitative estimate of drug-likeness (QED) is 0.864. The third kappa shape index (κ3) is 5.68. The standard InChI is InChI=1S/C17H30N2O4/c1-17(2,3)23-16(21)18-14(13-7-5-4-6-8-13)15(20)19-9-11-22-12-10-19/h13-14H,4-12H2,1-3H3,(H,18,21)/t14-/m0/s1. The number of alkyl carbamates (subject to hydrolysis) is 1. The minimum absolute atomic E-state index is 0.00561. The van der Waals surface area contributed by atoms with Gasteiger partial charge < -0.3 is 19.7 Å². The predicted molar refractivity (Wildman–Crippen MR) is 87.1 cm³/mol. The molecule has 2 aliphatic rings. The number of rotatable bonds is 3. The number of ether oxygens (including phenoxy) is 2. The number of hydrogen-bond acceptors (Lipinski definition) is 4. The lowest BCUT2D eigenvalue weighted by molar-refractivity contribution is -0.139. The van der Waals surface area contributed by atoms with Crippen molar-refractivity contribution in [3.8, 4) is 0 Å². The summed E-state index contributed by atoms with van der Waals surface area (Å²) in [4.78, 5) is 26.9. The van der Waals surface area contributed by atoms with E-state index in [1.165, 1.54) is 6.42 Å². The SMILES string of the molecule is CC(C)(C)OC(=O)N[C@H](C(=O)N1CCOCC1)C1CCCCC1. The topological polar surface area (TPSA) is 67.9 Å². The van der Waals surface area contributed by atoms with Gasteiger partial charge in [-0.15, -0.1) is 0 Å². The molecule has 6 heteroatoms. The molecule has 0 radical (unpaired) electrons. The monoisotopic (exact) mass is 326 g/mol. The molecular formula is C17H30N2O4. The molecule has 2 amide bonds. The van der Waals surface area contributed by atoms with Gasteiger partial charge in [0, 0.05) is 13.1 Å². The summed E-state index contributed by atoms with van der Waals surface area (Å²) in [5, 5.41) is 2.85. The largest absolute Gasteiger partial charge is 0.444 e. The molecule has 1 saturated heterocycles. The van der Waals surface area contributed by atoms with E-state index in [1.807, 2.05) is 20.8 Å². The Kier molecular flexibility index (Phi) is 6.27. The van der Waals surface area contributed by atoms with Crippen LogP contribution in [-0.2, 0) is 14.3 Å². The van der Waals surface area contributed by atoms with E-state index >= 15 is 0 Å². The van der Waals surface area contributed by atoms with Gasteiger partial charge in [0.05, 0.1) is 13.2 Å². The number of carbonyl (C=O) groups excluding carboxylic acids is 2. The number of morpholine rings is 1. The molecule has 2 rings (SSSR count).